The number of nitrogens with zero attached hydrogens (tertiary/aromatic N) is 1. The Morgan fingerprint density at radius 2 is 2.20 bits per heavy atom. The summed E-state index contributed by atoms with van der Waals surface area (Å²) in [6.07, 6.45) is 2.68. The molecule has 2 rings (SSSR count). The van der Waals surface area contributed by atoms with Gasteiger partial charge in [0.25, 0.3) is 0 Å². The topological polar surface area (TPSA) is 85.1 Å². The number of benzene rings is 1. The molecule has 0 saturated carbocycles. The summed E-state index contributed by atoms with van der Waals surface area (Å²) in [5, 5.41) is 3.49. The first-order chi connectivity index (χ1) is 9.28. The van der Waals surface area contributed by atoms with Crippen molar-refractivity contribution in [3.63, 3.8) is 0 Å². The number of sulfone groups is 1. The van der Waals surface area contributed by atoms with E-state index in [0.717, 1.165) is 6.26 Å². The normalized spacial score (nSPS) is 13.3. The van der Waals surface area contributed by atoms with E-state index in [4.69, 9.17) is 5.73 Å². The second kappa shape index (κ2) is 5.24. The molecule has 0 amide bonds. The average molecular weight is 297 g/mol. The largest absolute Gasteiger partial charge is 0.398 e. The van der Waals surface area contributed by atoms with Crippen LogP contribution in [0.15, 0.2) is 24.4 Å². The maximum atomic E-state index is 14.0. The number of hydrogen-bond acceptors (Lipinski definition) is 5. The van der Waals surface area contributed by atoms with E-state index in [2.05, 4.69) is 10.3 Å². The van der Waals surface area contributed by atoms with Crippen LogP contribution in [-0.2, 0) is 9.84 Å². The van der Waals surface area contributed by atoms with Crippen molar-refractivity contribution in [1.29, 1.82) is 0 Å². The summed E-state index contributed by atoms with van der Waals surface area (Å²) < 4.78 is 36.6. The number of nitrogens with two attached hydrogens (primary N) is 1. The summed E-state index contributed by atoms with van der Waals surface area (Å²) in [4.78, 5) is 4.12. The highest BCUT2D eigenvalue weighted by Gasteiger charge is 2.16. The summed E-state index contributed by atoms with van der Waals surface area (Å²) >= 11 is 0. The van der Waals surface area contributed by atoms with Crippen LogP contribution < -0.4 is 11.1 Å². The number of rotatable bonds is 4. The van der Waals surface area contributed by atoms with Crippen LogP contribution in [0.4, 0.5) is 15.8 Å². The third-order valence-electron chi connectivity index (χ3n) is 2.82. The molecule has 0 radical (unpaired) electrons. The quantitative estimate of drug-likeness (QED) is 0.841. The molecule has 0 aliphatic rings. The van der Waals surface area contributed by atoms with Crippen LogP contribution in [0.25, 0.3) is 10.9 Å². The van der Waals surface area contributed by atoms with Gasteiger partial charge < -0.3 is 11.1 Å². The molecule has 0 spiro atoms. The lowest BCUT2D eigenvalue weighted by Crippen LogP contribution is -2.25. The highest BCUT2D eigenvalue weighted by Crippen LogP contribution is 2.30. The molecule has 1 unspecified atom stereocenters. The van der Waals surface area contributed by atoms with Crippen molar-refractivity contribution >= 4 is 32.1 Å². The molecule has 1 atom stereocenters. The van der Waals surface area contributed by atoms with Gasteiger partial charge in [-0.2, -0.15) is 0 Å². The molecular weight excluding hydrogens is 281 g/mol. The highest BCUT2D eigenvalue weighted by molar-refractivity contribution is 7.90. The van der Waals surface area contributed by atoms with Gasteiger partial charge in [-0.25, -0.2) is 12.8 Å². The number of nitrogens with one attached hydrogen (secondary N) is 1. The van der Waals surface area contributed by atoms with Gasteiger partial charge in [-0.3, -0.25) is 4.98 Å². The Labute approximate surface area is 116 Å². The van der Waals surface area contributed by atoms with Crippen LogP contribution in [0.5, 0.6) is 0 Å². The Morgan fingerprint density at radius 3 is 2.85 bits per heavy atom. The van der Waals surface area contributed by atoms with E-state index < -0.39 is 21.7 Å². The Bertz CT molecular complexity index is 747. The Balaban J connectivity index is 2.44. The van der Waals surface area contributed by atoms with Crippen LogP contribution in [0.2, 0.25) is 0 Å². The molecule has 1 aromatic carbocycles. The van der Waals surface area contributed by atoms with Gasteiger partial charge in [0.1, 0.15) is 9.84 Å². The van der Waals surface area contributed by atoms with Crippen molar-refractivity contribution in [2.75, 3.05) is 23.1 Å². The zero-order chi connectivity index (χ0) is 14.9. The van der Waals surface area contributed by atoms with E-state index in [0.29, 0.717) is 16.6 Å². The number of hydrogen-bond donors (Lipinski definition) is 2. The van der Waals surface area contributed by atoms with Crippen LogP contribution in [0.1, 0.15) is 6.92 Å². The molecule has 7 heteroatoms. The van der Waals surface area contributed by atoms with E-state index in [1.807, 2.05) is 0 Å². The molecule has 5 nitrogen and oxygen atoms in total. The van der Waals surface area contributed by atoms with E-state index in [-0.39, 0.29) is 11.4 Å². The number of fused-ring (bicyclic) bond motifs is 1. The molecule has 108 valence electrons. The Kier molecular flexibility index (Phi) is 3.80. The highest BCUT2D eigenvalue weighted by atomic mass is 32.2. The molecule has 3 N–H and O–H groups in total. The molecule has 1 aromatic heterocycles. The second-order valence-corrected chi connectivity index (χ2v) is 7.04. The lowest BCUT2D eigenvalue weighted by Gasteiger charge is -2.17. The fourth-order valence-corrected chi connectivity index (χ4v) is 3.11. The Hall–Kier alpha value is -1.89. The first-order valence-electron chi connectivity index (χ1n) is 6.05. The standard InChI is InChI=1S/C13H16FN3O2S/c1-8(7-20(2,18)19)17-13-10(14)6-11(15)9-4-3-5-16-12(9)13/h3-6,8,17H,7,15H2,1-2H3. The maximum absolute atomic E-state index is 14.0. The number of anilines is 2. The third-order valence-corrected chi connectivity index (χ3v) is 3.93. The molecule has 20 heavy (non-hydrogen) atoms. The van der Waals surface area contributed by atoms with E-state index in [1.54, 1.807) is 19.1 Å². The molecule has 0 aliphatic carbocycles. The zero-order valence-corrected chi connectivity index (χ0v) is 12.0. The molecule has 0 bridgehead atoms. The van der Waals surface area contributed by atoms with Crippen molar-refractivity contribution in [3.05, 3.63) is 30.2 Å². The summed E-state index contributed by atoms with van der Waals surface area (Å²) in [6, 6.07) is 4.22. The second-order valence-electron chi connectivity index (χ2n) is 4.86. The average Bonchev–Trinajstić information content (AvgIpc) is 2.32. The SMILES string of the molecule is CC(CS(C)(=O)=O)Nc1c(F)cc(N)c2cccnc12. The smallest absolute Gasteiger partial charge is 0.150 e. The number of nitrogen functional groups attached to an aromatic ring is 1. The monoisotopic (exact) mass is 297 g/mol. The predicted octanol–water partition coefficient (Wildman–Crippen LogP) is 1.80. The van der Waals surface area contributed by atoms with Crippen LogP contribution >= 0.6 is 0 Å². The van der Waals surface area contributed by atoms with Gasteiger partial charge >= 0.3 is 0 Å². The molecule has 2 aromatic rings. The third kappa shape index (κ3) is 3.16. The first kappa shape index (κ1) is 14.5. The van der Waals surface area contributed by atoms with Crippen molar-refractivity contribution in [2.45, 2.75) is 13.0 Å². The summed E-state index contributed by atoms with van der Waals surface area (Å²) in [6.45, 7) is 1.67. The van der Waals surface area contributed by atoms with Gasteiger partial charge in [0, 0.05) is 29.6 Å². The first-order valence-corrected chi connectivity index (χ1v) is 8.11. The molecular formula is C13H16FN3O2S. The van der Waals surface area contributed by atoms with Gasteiger partial charge in [-0.05, 0) is 25.1 Å². The summed E-state index contributed by atoms with van der Waals surface area (Å²) in [5.41, 5.74) is 6.62. The molecule has 0 saturated heterocycles. The minimum Gasteiger partial charge on any atom is -0.398 e. The fourth-order valence-electron chi connectivity index (χ4n) is 2.12. The molecule has 0 aliphatic heterocycles. The Morgan fingerprint density at radius 1 is 1.50 bits per heavy atom. The van der Waals surface area contributed by atoms with Crippen molar-refractivity contribution in [2.24, 2.45) is 0 Å². The fraction of sp³-hybridized carbons (Fsp3) is 0.308. The predicted molar refractivity (Wildman–Crippen MR) is 78.9 cm³/mol. The van der Waals surface area contributed by atoms with Gasteiger partial charge in [0.15, 0.2) is 5.82 Å². The number of pyridine rings is 1. The summed E-state index contributed by atoms with van der Waals surface area (Å²) in [7, 11) is -3.15. The van der Waals surface area contributed by atoms with Crippen molar-refractivity contribution < 1.29 is 12.8 Å². The van der Waals surface area contributed by atoms with Crippen LogP contribution in [0.3, 0.4) is 0 Å². The minimum absolute atomic E-state index is 0.0921. The lowest BCUT2D eigenvalue weighted by molar-refractivity contribution is 0.596. The zero-order valence-electron chi connectivity index (χ0n) is 11.2. The maximum Gasteiger partial charge on any atom is 0.150 e. The number of halogens is 1. The van der Waals surface area contributed by atoms with Crippen LogP contribution in [0, 0.1) is 5.82 Å². The van der Waals surface area contributed by atoms with Crippen molar-refractivity contribution in [3.8, 4) is 0 Å². The van der Waals surface area contributed by atoms with Gasteiger partial charge in [-0.1, -0.05) is 0 Å². The van der Waals surface area contributed by atoms with Gasteiger partial charge in [0.2, 0.25) is 0 Å². The summed E-state index contributed by atoms with van der Waals surface area (Å²) in [5.74, 6) is -0.639. The molecule has 1 heterocycles. The van der Waals surface area contributed by atoms with Crippen LogP contribution in [-0.4, -0.2) is 31.5 Å². The van der Waals surface area contributed by atoms with Crippen molar-refractivity contribution in [1.82, 2.24) is 4.98 Å². The van der Waals surface area contributed by atoms with Gasteiger partial charge in [-0.15, -0.1) is 0 Å². The lowest BCUT2D eigenvalue weighted by atomic mass is 10.1. The van der Waals surface area contributed by atoms with E-state index >= 15 is 0 Å². The number of aromatic nitrogens is 1. The minimum atomic E-state index is -3.15. The van der Waals surface area contributed by atoms with E-state index in [1.165, 1.54) is 12.3 Å². The molecule has 0 fully saturated rings. The van der Waals surface area contributed by atoms with Gasteiger partial charge in [0.05, 0.1) is 17.0 Å². The van der Waals surface area contributed by atoms with E-state index in [9.17, 15) is 12.8 Å².